The van der Waals surface area contributed by atoms with E-state index in [1.54, 1.807) is 11.7 Å². The fourth-order valence-electron chi connectivity index (χ4n) is 5.50. The zero-order chi connectivity index (χ0) is 29.1. The molecule has 2 aromatic heterocycles. The molecule has 1 amide bonds. The van der Waals surface area contributed by atoms with Crippen molar-refractivity contribution in [2.24, 2.45) is 0 Å². The highest BCUT2D eigenvalue weighted by atomic mass is 32.1. The van der Waals surface area contributed by atoms with Gasteiger partial charge in [0.05, 0.1) is 13.7 Å². The molecule has 1 fully saturated rings. The summed E-state index contributed by atoms with van der Waals surface area (Å²) in [4.78, 5) is 39.8. The summed E-state index contributed by atoms with van der Waals surface area (Å²) < 4.78 is 7.03. The Bertz CT molecular complexity index is 1760. The third kappa shape index (κ3) is 5.52. The summed E-state index contributed by atoms with van der Waals surface area (Å²) in [5, 5.41) is 3.74. The first-order valence-corrected chi connectivity index (χ1v) is 15.1. The normalized spacial score (nSPS) is 14.8. The van der Waals surface area contributed by atoms with Gasteiger partial charge in [-0.3, -0.25) is 14.2 Å². The topological polar surface area (TPSA) is 89.4 Å². The number of aromatic nitrogens is 3. The van der Waals surface area contributed by atoms with E-state index >= 15 is 0 Å². The minimum atomic E-state index is -0.337. The zero-order valence-electron chi connectivity index (χ0n) is 23.7. The Morgan fingerprint density at radius 3 is 2.52 bits per heavy atom. The Morgan fingerprint density at radius 1 is 1.00 bits per heavy atom. The van der Waals surface area contributed by atoms with Gasteiger partial charge in [-0.2, -0.15) is 0 Å². The molecule has 1 aliphatic heterocycles. The molecule has 1 saturated heterocycles. The van der Waals surface area contributed by atoms with Crippen molar-refractivity contribution in [1.82, 2.24) is 19.9 Å². The molecule has 9 heteroatoms. The number of benzene rings is 3. The van der Waals surface area contributed by atoms with Gasteiger partial charge in [-0.1, -0.05) is 85.0 Å². The van der Waals surface area contributed by atoms with Gasteiger partial charge >= 0.3 is 0 Å². The SMILES string of the molecule is CCc1ccccc1-c1nc2sc(N3CCC[C@@H]3C(=O)NCc3ccccc3)nc2c(=O)n1Cc1ccc(OC)cc1. The maximum absolute atomic E-state index is 14.1. The van der Waals surface area contributed by atoms with Gasteiger partial charge in [0.25, 0.3) is 5.56 Å². The number of nitrogens with one attached hydrogen (secondary N) is 1. The van der Waals surface area contributed by atoms with E-state index in [-0.39, 0.29) is 17.5 Å². The van der Waals surface area contributed by atoms with Crippen molar-refractivity contribution in [2.75, 3.05) is 18.6 Å². The van der Waals surface area contributed by atoms with Crippen LogP contribution >= 0.6 is 11.3 Å². The molecule has 0 saturated carbocycles. The number of ether oxygens (including phenoxy) is 1. The van der Waals surface area contributed by atoms with Crippen LogP contribution < -0.4 is 20.5 Å². The van der Waals surface area contributed by atoms with Gasteiger partial charge in [-0.05, 0) is 48.1 Å². The predicted octanol–water partition coefficient (Wildman–Crippen LogP) is 5.42. The van der Waals surface area contributed by atoms with E-state index in [0.29, 0.717) is 40.9 Å². The van der Waals surface area contributed by atoms with E-state index in [2.05, 4.69) is 18.3 Å². The van der Waals surface area contributed by atoms with Gasteiger partial charge < -0.3 is 15.0 Å². The number of amides is 1. The van der Waals surface area contributed by atoms with E-state index in [1.165, 1.54) is 11.3 Å². The van der Waals surface area contributed by atoms with Gasteiger partial charge in [0.15, 0.2) is 15.5 Å². The van der Waals surface area contributed by atoms with Crippen LogP contribution in [0.15, 0.2) is 83.7 Å². The van der Waals surface area contributed by atoms with Crippen LogP contribution in [0.25, 0.3) is 21.7 Å². The van der Waals surface area contributed by atoms with Crippen LogP contribution in [0.2, 0.25) is 0 Å². The molecule has 6 rings (SSSR count). The highest BCUT2D eigenvalue weighted by Gasteiger charge is 2.33. The standard InChI is InChI=1S/C33H33N5O3S/c1-3-24-12-7-8-13-26(24)29-36-31-28(32(40)38(29)21-23-15-17-25(41-2)18-16-23)35-33(42-31)37-19-9-14-27(37)30(39)34-20-22-10-5-4-6-11-22/h4-8,10-13,15-18,27H,3,9,14,19-21H2,1-2H3,(H,34,39)/t27-/m1/s1. The molecule has 42 heavy (non-hydrogen) atoms. The van der Waals surface area contributed by atoms with Crippen molar-refractivity contribution in [3.8, 4) is 17.1 Å². The smallest absolute Gasteiger partial charge is 0.281 e. The monoisotopic (exact) mass is 579 g/mol. The third-order valence-electron chi connectivity index (χ3n) is 7.76. The lowest BCUT2D eigenvalue weighted by molar-refractivity contribution is -0.122. The van der Waals surface area contributed by atoms with Crippen LogP contribution in [0.1, 0.15) is 36.5 Å². The quantitative estimate of drug-likeness (QED) is 0.251. The van der Waals surface area contributed by atoms with Gasteiger partial charge in [-0.25, -0.2) is 9.97 Å². The van der Waals surface area contributed by atoms with E-state index < -0.39 is 0 Å². The number of fused-ring (bicyclic) bond motifs is 1. The van der Waals surface area contributed by atoms with E-state index in [1.807, 2.05) is 77.7 Å². The van der Waals surface area contributed by atoms with Crippen molar-refractivity contribution < 1.29 is 9.53 Å². The van der Waals surface area contributed by atoms with Gasteiger partial charge in [0.2, 0.25) is 5.91 Å². The number of carbonyl (C=O) groups is 1. The second-order valence-corrected chi connectivity index (χ2v) is 11.3. The Kier molecular flexibility index (Phi) is 8.01. The molecular weight excluding hydrogens is 546 g/mol. The minimum absolute atomic E-state index is 0.0296. The average molecular weight is 580 g/mol. The van der Waals surface area contributed by atoms with Crippen molar-refractivity contribution >= 4 is 32.7 Å². The molecular formula is C33H33N5O3S. The largest absolute Gasteiger partial charge is 0.497 e. The van der Waals surface area contributed by atoms with Crippen LogP contribution in [-0.2, 0) is 24.3 Å². The first-order chi connectivity index (χ1) is 20.6. The molecule has 0 bridgehead atoms. The average Bonchev–Trinajstić information content (AvgIpc) is 3.70. The van der Waals surface area contributed by atoms with Crippen molar-refractivity contribution in [2.45, 2.75) is 45.3 Å². The number of methoxy groups -OCH3 is 1. The number of anilines is 1. The number of rotatable bonds is 9. The number of nitrogens with zero attached hydrogens (tertiary/aromatic N) is 4. The fourth-order valence-corrected chi connectivity index (χ4v) is 6.51. The van der Waals surface area contributed by atoms with Crippen LogP contribution in [0.4, 0.5) is 5.13 Å². The maximum atomic E-state index is 14.1. The second kappa shape index (κ2) is 12.2. The predicted molar refractivity (Wildman–Crippen MR) is 167 cm³/mol. The highest BCUT2D eigenvalue weighted by Crippen LogP contribution is 2.33. The van der Waals surface area contributed by atoms with Gasteiger partial charge in [-0.15, -0.1) is 0 Å². The molecule has 3 heterocycles. The molecule has 1 aliphatic rings. The second-order valence-electron chi connectivity index (χ2n) is 10.4. The summed E-state index contributed by atoms with van der Waals surface area (Å²) in [5.74, 6) is 1.35. The number of hydrogen-bond acceptors (Lipinski definition) is 7. The Balaban J connectivity index is 1.37. The lowest BCUT2D eigenvalue weighted by Crippen LogP contribution is -2.43. The molecule has 8 nitrogen and oxygen atoms in total. The maximum Gasteiger partial charge on any atom is 0.281 e. The number of thiazole rings is 1. The van der Waals surface area contributed by atoms with Crippen LogP contribution in [0.5, 0.6) is 5.75 Å². The van der Waals surface area contributed by atoms with Crippen molar-refractivity contribution in [1.29, 1.82) is 0 Å². The lowest BCUT2D eigenvalue weighted by Gasteiger charge is -2.23. The molecule has 0 aliphatic carbocycles. The Hall–Kier alpha value is -4.50. The van der Waals surface area contributed by atoms with Crippen LogP contribution in [-0.4, -0.2) is 40.1 Å². The number of aryl methyl sites for hydroxylation is 1. The molecule has 1 N–H and O–H groups in total. The summed E-state index contributed by atoms with van der Waals surface area (Å²) in [6.07, 6.45) is 2.43. The summed E-state index contributed by atoms with van der Waals surface area (Å²) in [6.45, 7) is 3.63. The summed E-state index contributed by atoms with van der Waals surface area (Å²) in [6, 6.07) is 25.3. The zero-order valence-corrected chi connectivity index (χ0v) is 24.6. The van der Waals surface area contributed by atoms with Crippen LogP contribution in [0.3, 0.4) is 0 Å². The Labute approximate surface area is 248 Å². The molecule has 214 valence electrons. The van der Waals surface area contributed by atoms with E-state index in [9.17, 15) is 9.59 Å². The van der Waals surface area contributed by atoms with Crippen molar-refractivity contribution in [3.05, 3.63) is 106 Å². The number of carbonyl (C=O) groups excluding carboxylic acids is 1. The first-order valence-electron chi connectivity index (χ1n) is 14.3. The fraction of sp³-hybridized carbons (Fsp3) is 0.273. The van der Waals surface area contributed by atoms with E-state index in [0.717, 1.165) is 47.3 Å². The molecule has 0 unspecified atom stereocenters. The molecule has 0 spiro atoms. The van der Waals surface area contributed by atoms with Gasteiger partial charge in [0.1, 0.15) is 17.6 Å². The molecule has 0 radical (unpaired) electrons. The first kappa shape index (κ1) is 27.7. The van der Waals surface area contributed by atoms with Crippen molar-refractivity contribution in [3.63, 3.8) is 0 Å². The van der Waals surface area contributed by atoms with Gasteiger partial charge in [0, 0.05) is 18.7 Å². The summed E-state index contributed by atoms with van der Waals surface area (Å²) >= 11 is 1.38. The highest BCUT2D eigenvalue weighted by molar-refractivity contribution is 7.21. The Morgan fingerprint density at radius 2 is 1.76 bits per heavy atom. The minimum Gasteiger partial charge on any atom is -0.497 e. The molecule has 5 aromatic rings. The molecule has 1 atom stereocenters. The summed E-state index contributed by atoms with van der Waals surface area (Å²) in [5.41, 5.74) is 4.20. The third-order valence-corrected chi connectivity index (χ3v) is 8.74. The van der Waals surface area contributed by atoms with E-state index in [4.69, 9.17) is 14.7 Å². The number of hydrogen-bond donors (Lipinski definition) is 1. The van der Waals surface area contributed by atoms with Crippen LogP contribution in [0, 0.1) is 0 Å². The summed E-state index contributed by atoms with van der Waals surface area (Å²) in [7, 11) is 1.63. The molecule has 3 aromatic carbocycles. The lowest BCUT2D eigenvalue weighted by atomic mass is 10.0.